The van der Waals surface area contributed by atoms with Crippen LogP contribution in [0.5, 0.6) is 11.5 Å². The van der Waals surface area contributed by atoms with Crippen LogP contribution in [0.2, 0.25) is 0 Å². The number of carbonyl (C=O) groups excluding carboxylic acids is 1. The highest BCUT2D eigenvalue weighted by atomic mass is 16.5. The first kappa shape index (κ1) is 26.3. The molecule has 220 valence electrons. The highest BCUT2D eigenvalue weighted by molar-refractivity contribution is 6.00. The van der Waals surface area contributed by atoms with Crippen molar-refractivity contribution in [2.45, 2.75) is 44.3 Å². The number of likely N-dealkylation sites (tertiary alicyclic amines) is 1. The zero-order chi connectivity index (χ0) is 29.4. The van der Waals surface area contributed by atoms with E-state index in [1.165, 1.54) is 12.8 Å². The summed E-state index contributed by atoms with van der Waals surface area (Å²) in [6.45, 7) is 1.62. The first-order valence-corrected chi connectivity index (χ1v) is 15.2. The summed E-state index contributed by atoms with van der Waals surface area (Å²) in [7, 11) is 5.34. The molecule has 9 nitrogen and oxygen atoms in total. The molecule has 2 saturated carbocycles. The molecule has 9 heteroatoms. The molecule has 1 saturated heterocycles. The molecule has 2 aliphatic carbocycles. The number of aromatic nitrogens is 4. The van der Waals surface area contributed by atoms with Gasteiger partial charge in [0, 0.05) is 48.7 Å². The van der Waals surface area contributed by atoms with Crippen LogP contribution in [0, 0.1) is 11.8 Å². The van der Waals surface area contributed by atoms with E-state index in [-0.39, 0.29) is 18.0 Å². The summed E-state index contributed by atoms with van der Waals surface area (Å²) in [4.78, 5) is 25.9. The second-order valence-corrected chi connectivity index (χ2v) is 12.4. The molecule has 2 unspecified atom stereocenters. The van der Waals surface area contributed by atoms with E-state index in [0.717, 1.165) is 76.5 Å². The van der Waals surface area contributed by atoms with Gasteiger partial charge in [0.1, 0.15) is 22.7 Å². The number of imidazole rings is 1. The summed E-state index contributed by atoms with van der Waals surface area (Å²) in [6.07, 6.45) is 4.53. The highest BCUT2D eigenvalue weighted by Crippen LogP contribution is 2.40. The lowest BCUT2D eigenvalue weighted by molar-refractivity contribution is 0.0700. The van der Waals surface area contributed by atoms with Gasteiger partial charge in [-0.25, -0.2) is 9.97 Å². The molecule has 3 atom stereocenters. The van der Waals surface area contributed by atoms with E-state index < -0.39 is 0 Å². The number of methoxy groups -OCH3 is 2. The Morgan fingerprint density at radius 1 is 0.977 bits per heavy atom. The van der Waals surface area contributed by atoms with Crippen LogP contribution in [0.1, 0.15) is 36.0 Å². The molecule has 43 heavy (non-hydrogen) atoms. The SMILES string of the molecule is COc1ccc(-c2ccc3cc(-c4nc5cc(C(=O)N6CC7CCC6[C@@H]7N)cc(OC)c5n4C)n(CC4CC4)c3n2)cc1. The summed E-state index contributed by atoms with van der Waals surface area (Å²) in [6, 6.07) is 18.4. The highest BCUT2D eigenvalue weighted by Gasteiger charge is 2.47. The van der Waals surface area contributed by atoms with E-state index in [2.05, 4.69) is 27.3 Å². The fraction of sp³-hybridized carbons (Fsp3) is 0.382. The van der Waals surface area contributed by atoms with Gasteiger partial charge >= 0.3 is 0 Å². The maximum absolute atomic E-state index is 13.7. The van der Waals surface area contributed by atoms with E-state index >= 15 is 0 Å². The fourth-order valence-electron chi connectivity index (χ4n) is 7.25. The van der Waals surface area contributed by atoms with Crippen LogP contribution in [-0.4, -0.2) is 62.8 Å². The Bertz CT molecular complexity index is 1890. The van der Waals surface area contributed by atoms with Crippen LogP contribution in [0.4, 0.5) is 0 Å². The number of rotatable bonds is 7. The summed E-state index contributed by atoms with van der Waals surface area (Å²) < 4.78 is 15.6. The van der Waals surface area contributed by atoms with Crippen molar-refractivity contribution in [1.82, 2.24) is 24.0 Å². The van der Waals surface area contributed by atoms with E-state index in [4.69, 9.17) is 25.2 Å². The molecule has 2 aromatic carbocycles. The molecule has 2 N–H and O–H groups in total. The fourth-order valence-corrected chi connectivity index (χ4v) is 7.25. The summed E-state index contributed by atoms with van der Waals surface area (Å²) in [5, 5.41) is 1.07. The third-order valence-corrected chi connectivity index (χ3v) is 9.81. The Balaban J connectivity index is 1.23. The molecule has 1 amide bonds. The predicted octanol–water partition coefficient (Wildman–Crippen LogP) is 5.25. The normalized spacial score (nSPS) is 21.3. The Morgan fingerprint density at radius 2 is 1.79 bits per heavy atom. The second kappa shape index (κ2) is 9.84. The van der Waals surface area contributed by atoms with Gasteiger partial charge in [-0.1, -0.05) is 0 Å². The van der Waals surface area contributed by atoms with Crippen LogP contribution in [-0.2, 0) is 13.6 Å². The maximum atomic E-state index is 13.7. The van der Waals surface area contributed by atoms with Crippen molar-refractivity contribution in [3.63, 3.8) is 0 Å². The van der Waals surface area contributed by atoms with E-state index in [1.54, 1.807) is 14.2 Å². The third-order valence-electron chi connectivity index (χ3n) is 9.81. The number of aryl methyl sites for hydroxylation is 1. The second-order valence-electron chi connectivity index (χ2n) is 12.4. The Morgan fingerprint density at radius 3 is 2.47 bits per heavy atom. The smallest absolute Gasteiger partial charge is 0.254 e. The number of fused-ring (bicyclic) bond motifs is 4. The number of hydrogen-bond donors (Lipinski definition) is 1. The van der Waals surface area contributed by atoms with Crippen LogP contribution in [0.25, 0.3) is 44.8 Å². The van der Waals surface area contributed by atoms with Gasteiger partial charge in [-0.2, -0.15) is 0 Å². The number of pyridine rings is 1. The minimum atomic E-state index is 0.00756. The zero-order valence-corrected chi connectivity index (χ0v) is 24.8. The van der Waals surface area contributed by atoms with E-state index in [9.17, 15) is 4.79 Å². The molecular formula is C34H36N6O3. The number of benzene rings is 2. The number of nitrogens with zero attached hydrogens (tertiary/aromatic N) is 5. The van der Waals surface area contributed by atoms with Gasteiger partial charge in [0.25, 0.3) is 5.91 Å². The van der Waals surface area contributed by atoms with Crippen molar-refractivity contribution in [3.05, 3.63) is 60.2 Å². The van der Waals surface area contributed by atoms with Gasteiger partial charge < -0.3 is 29.2 Å². The van der Waals surface area contributed by atoms with Crippen molar-refractivity contribution in [2.24, 2.45) is 24.6 Å². The van der Waals surface area contributed by atoms with E-state index in [0.29, 0.717) is 23.1 Å². The van der Waals surface area contributed by atoms with Crippen molar-refractivity contribution < 1.29 is 14.3 Å². The van der Waals surface area contributed by atoms with E-state index in [1.807, 2.05) is 48.3 Å². The quantitative estimate of drug-likeness (QED) is 0.284. The van der Waals surface area contributed by atoms with Gasteiger partial charge in [0.05, 0.1) is 31.1 Å². The Hall–Kier alpha value is -4.37. The molecular weight excluding hydrogens is 540 g/mol. The lowest BCUT2D eigenvalue weighted by atomic mass is 10.1. The summed E-state index contributed by atoms with van der Waals surface area (Å²) in [5.74, 6) is 3.32. The van der Waals surface area contributed by atoms with Crippen LogP contribution in [0.3, 0.4) is 0 Å². The number of amides is 1. The molecule has 3 fully saturated rings. The molecule has 5 aromatic rings. The van der Waals surface area contributed by atoms with Crippen LogP contribution in [0.15, 0.2) is 54.6 Å². The van der Waals surface area contributed by atoms with Gasteiger partial charge in [-0.05, 0) is 92.1 Å². The third kappa shape index (κ3) is 4.20. The van der Waals surface area contributed by atoms with Crippen molar-refractivity contribution in [3.8, 4) is 34.3 Å². The van der Waals surface area contributed by atoms with Crippen molar-refractivity contribution in [2.75, 3.05) is 20.8 Å². The van der Waals surface area contributed by atoms with Crippen molar-refractivity contribution in [1.29, 1.82) is 0 Å². The van der Waals surface area contributed by atoms with Crippen LogP contribution >= 0.6 is 0 Å². The molecule has 1 aliphatic heterocycles. The van der Waals surface area contributed by atoms with Gasteiger partial charge in [0.15, 0.2) is 5.82 Å². The number of hydrogen-bond acceptors (Lipinski definition) is 6. The molecule has 3 aromatic heterocycles. The number of carbonyl (C=O) groups is 1. The number of piperidine rings is 1. The van der Waals surface area contributed by atoms with Crippen molar-refractivity contribution >= 4 is 28.0 Å². The molecule has 0 radical (unpaired) electrons. The minimum Gasteiger partial charge on any atom is -0.497 e. The Kier molecular flexibility index (Phi) is 6.01. The summed E-state index contributed by atoms with van der Waals surface area (Å²) >= 11 is 0. The Labute approximate surface area is 250 Å². The number of ether oxygens (including phenoxy) is 2. The lowest BCUT2D eigenvalue weighted by Crippen LogP contribution is -2.41. The number of nitrogens with two attached hydrogens (primary N) is 1. The molecule has 0 spiro atoms. The van der Waals surface area contributed by atoms with Crippen LogP contribution < -0.4 is 15.2 Å². The average molecular weight is 577 g/mol. The topological polar surface area (TPSA) is 100 Å². The predicted molar refractivity (Wildman–Crippen MR) is 166 cm³/mol. The minimum absolute atomic E-state index is 0.00756. The van der Waals surface area contributed by atoms with Gasteiger partial charge in [-0.3, -0.25) is 4.79 Å². The first-order valence-electron chi connectivity index (χ1n) is 15.2. The lowest BCUT2D eigenvalue weighted by Gasteiger charge is -2.27. The monoisotopic (exact) mass is 576 g/mol. The zero-order valence-electron chi connectivity index (χ0n) is 24.8. The maximum Gasteiger partial charge on any atom is 0.254 e. The standard InChI is InChI=1S/C34H36N6O3/c1-38-31-26(14-23(16-29(31)43-3)34(41)40-18-22-9-13-27(40)30(22)35)37-33(38)28-15-21-8-12-25(20-6-10-24(42-2)11-7-20)36-32(21)39(28)17-19-4-5-19/h6-8,10-12,14-16,19,22,27,30H,4-5,9,13,17-18,35H2,1-3H3/t22?,27?,30-/m1/s1. The average Bonchev–Trinajstić information content (AvgIpc) is 3.44. The molecule has 3 aliphatic rings. The summed E-state index contributed by atoms with van der Waals surface area (Å²) in [5.41, 5.74) is 12.5. The first-order chi connectivity index (χ1) is 20.9. The molecule has 2 bridgehead atoms. The van der Waals surface area contributed by atoms with Gasteiger partial charge in [-0.15, -0.1) is 0 Å². The van der Waals surface area contributed by atoms with Gasteiger partial charge in [0.2, 0.25) is 0 Å². The molecule has 4 heterocycles. The molecule has 8 rings (SSSR count). The largest absolute Gasteiger partial charge is 0.497 e.